The van der Waals surface area contributed by atoms with Crippen LogP contribution in [-0.4, -0.2) is 68.4 Å². The van der Waals surface area contributed by atoms with Gasteiger partial charge in [-0.1, -0.05) is 48.5 Å². The monoisotopic (exact) mass is 761 g/mol. The normalized spacial score (nSPS) is 14.3. The first kappa shape index (κ1) is 39.2. The number of carbonyl (C=O) groups is 2. The van der Waals surface area contributed by atoms with Crippen molar-refractivity contribution in [3.63, 3.8) is 0 Å². The number of rotatable bonds is 11. The van der Waals surface area contributed by atoms with Crippen molar-refractivity contribution in [2.24, 2.45) is 0 Å². The molecule has 0 aliphatic carbocycles. The number of alkyl halides is 3. The number of pyridine rings is 1. The topological polar surface area (TPSA) is 108 Å². The van der Waals surface area contributed by atoms with Crippen molar-refractivity contribution in [2.45, 2.75) is 70.3 Å². The minimum Gasteiger partial charge on any atom is -0.468 e. The molecular formula is C41H40F5N5O4. The second-order valence-electron chi connectivity index (χ2n) is 14.1. The number of fused-ring (bicyclic) bond motifs is 1. The third kappa shape index (κ3) is 8.75. The van der Waals surface area contributed by atoms with E-state index in [0.29, 0.717) is 42.6 Å². The van der Waals surface area contributed by atoms with E-state index in [9.17, 15) is 36.3 Å². The van der Waals surface area contributed by atoms with Crippen LogP contribution in [0.25, 0.3) is 22.2 Å². The Morgan fingerprint density at radius 2 is 1.56 bits per heavy atom. The van der Waals surface area contributed by atoms with E-state index in [1.807, 2.05) is 17.0 Å². The number of ether oxygens (including phenoxy) is 1. The molecule has 9 nitrogen and oxygen atoms in total. The smallest absolute Gasteiger partial charge is 0.416 e. The van der Waals surface area contributed by atoms with Gasteiger partial charge >= 0.3 is 12.1 Å². The summed E-state index contributed by atoms with van der Waals surface area (Å²) in [6, 6.07) is 17.4. The predicted octanol–water partition coefficient (Wildman–Crippen LogP) is 7.05. The summed E-state index contributed by atoms with van der Waals surface area (Å²) in [7, 11) is 1.35. The number of nitrogens with zero attached hydrogens (tertiary/aromatic N) is 4. The van der Waals surface area contributed by atoms with E-state index in [-0.39, 0.29) is 66.1 Å². The Labute approximate surface area is 314 Å². The van der Waals surface area contributed by atoms with Crippen LogP contribution in [0.4, 0.5) is 22.0 Å². The maximum Gasteiger partial charge on any atom is 0.416 e. The van der Waals surface area contributed by atoms with Gasteiger partial charge in [0, 0.05) is 38.3 Å². The SMILES string of the molecule is COC(=O)C(C)(C)N1CCC(N(Cc2ccc(-c3ccc(C(F)(F)F)cc3)cc2)C(=O)Cc2ccnc3[nH]c(CCc4cccc(F)c4F)nc(=O)c23)CC1. The highest BCUT2D eigenvalue weighted by molar-refractivity contribution is 5.86. The number of esters is 1. The summed E-state index contributed by atoms with van der Waals surface area (Å²) in [6.45, 7) is 4.85. The van der Waals surface area contributed by atoms with Crippen molar-refractivity contribution in [2.75, 3.05) is 20.2 Å². The molecule has 1 aliphatic rings. The number of H-pyrrole nitrogens is 1. The van der Waals surface area contributed by atoms with Gasteiger partial charge in [0.05, 0.1) is 24.5 Å². The Bertz CT molecular complexity index is 2230. The summed E-state index contributed by atoms with van der Waals surface area (Å²) in [5, 5.41) is 0.145. The van der Waals surface area contributed by atoms with Crippen molar-refractivity contribution in [1.29, 1.82) is 0 Å². The minimum absolute atomic E-state index is 0.0894. The molecule has 0 radical (unpaired) electrons. The lowest BCUT2D eigenvalue weighted by Gasteiger charge is -2.43. The first-order chi connectivity index (χ1) is 26.1. The molecule has 1 saturated heterocycles. The Hall–Kier alpha value is -5.50. The largest absolute Gasteiger partial charge is 0.468 e. The van der Waals surface area contributed by atoms with Gasteiger partial charge in [-0.15, -0.1) is 0 Å². The minimum atomic E-state index is -4.44. The highest BCUT2D eigenvalue weighted by Gasteiger charge is 2.39. The number of likely N-dealkylation sites (tertiary alicyclic amines) is 1. The second kappa shape index (κ2) is 16.1. The van der Waals surface area contributed by atoms with Crippen LogP contribution in [0.15, 0.2) is 83.8 Å². The Kier molecular flexibility index (Phi) is 11.5. The summed E-state index contributed by atoms with van der Waals surface area (Å²) in [5.74, 6) is -2.30. The molecule has 0 spiro atoms. The first-order valence-corrected chi connectivity index (χ1v) is 17.8. The number of amides is 1. The van der Waals surface area contributed by atoms with Crippen LogP contribution in [0, 0.1) is 11.6 Å². The van der Waals surface area contributed by atoms with Crippen molar-refractivity contribution < 1.29 is 36.3 Å². The number of piperidine rings is 1. The van der Waals surface area contributed by atoms with Crippen LogP contribution in [0.1, 0.15) is 54.8 Å². The average molecular weight is 762 g/mol. The molecule has 3 aromatic carbocycles. The van der Waals surface area contributed by atoms with Crippen LogP contribution in [0.3, 0.4) is 0 Å². The highest BCUT2D eigenvalue weighted by Crippen LogP contribution is 2.32. The zero-order valence-electron chi connectivity index (χ0n) is 30.6. The molecule has 0 bridgehead atoms. The fourth-order valence-electron chi connectivity index (χ4n) is 7.09. The van der Waals surface area contributed by atoms with Crippen molar-refractivity contribution in [3.05, 3.63) is 129 Å². The van der Waals surface area contributed by atoms with Gasteiger partial charge in [0.1, 0.15) is 17.0 Å². The van der Waals surface area contributed by atoms with Crippen molar-refractivity contribution in [1.82, 2.24) is 24.8 Å². The van der Waals surface area contributed by atoms with Crippen LogP contribution >= 0.6 is 0 Å². The molecular weight excluding hydrogens is 721 g/mol. The van der Waals surface area contributed by atoms with Gasteiger partial charge in [0.15, 0.2) is 11.6 Å². The van der Waals surface area contributed by atoms with Gasteiger partial charge in [-0.3, -0.25) is 19.3 Å². The summed E-state index contributed by atoms with van der Waals surface area (Å²) < 4.78 is 72.3. The molecule has 0 saturated carbocycles. The van der Waals surface area contributed by atoms with Crippen LogP contribution in [0.2, 0.25) is 0 Å². The number of hydrogen-bond acceptors (Lipinski definition) is 7. The Balaban J connectivity index is 1.24. The maximum absolute atomic E-state index is 14.3. The zero-order chi connectivity index (χ0) is 39.5. The fraction of sp³-hybridized carbons (Fsp3) is 0.341. The molecule has 14 heteroatoms. The van der Waals surface area contributed by atoms with Gasteiger partial charge in [0.2, 0.25) is 5.91 Å². The molecule has 1 amide bonds. The Morgan fingerprint density at radius 1 is 0.909 bits per heavy atom. The number of nitrogens with one attached hydrogen (secondary N) is 1. The van der Waals surface area contributed by atoms with E-state index in [2.05, 4.69) is 15.0 Å². The number of hydrogen-bond donors (Lipinski definition) is 1. The molecule has 288 valence electrons. The van der Waals surface area contributed by atoms with Crippen LogP contribution in [0.5, 0.6) is 0 Å². The lowest BCUT2D eigenvalue weighted by atomic mass is 9.94. The number of benzene rings is 3. The predicted molar refractivity (Wildman–Crippen MR) is 196 cm³/mol. The molecule has 6 rings (SSSR count). The van der Waals surface area contributed by atoms with E-state index in [4.69, 9.17) is 4.74 Å². The molecule has 0 atom stereocenters. The molecule has 2 aromatic heterocycles. The van der Waals surface area contributed by atoms with E-state index >= 15 is 0 Å². The summed E-state index contributed by atoms with van der Waals surface area (Å²) in [5.41, 5.74) is 0.677. The molecule has 55 heavy (non-hydrogen) atoms. The fourth-order valence-corrected chi connectivity index (χ4v) is 7.09. The molecule has 1 fully saturated rings. The molecule has 3 heterocycles. The van der Waals surface area contributed by atoms with Crippen LogP contribution < -0.4 is 5.56 Å². The highest BCUT2D eigenvalue weighted by atomic mass is 19.4. The quantitative estimate of drug-likeness (QED) is 0.114. The third-order valence-corrected chi connectivity index (χ3v) is 10.3. The lowest BCUT2D eigenvalue weighted by Crippen LogP contribution is -2.56. The van der Waals surface area contributed by atoms with Gasteiger partial charge in [-0.2, -0.15) is 18.2 Å². The Morgan fingerprint density at radius 3 is 2.20 bits per heavy atom. The van der Waals surface area contributed by atoms with Gasteiger partial charge in [-0.05, 0) is 85.2 Å². The first-order valence-electron chi connectivity index (χ1n) is 17.8. The number of halogens is 5. The summed E-state index contributed by atoms with van der Waals surface area (Å²) >= 11 is 0. The summed E-state index contributed by atoms with van der Waals surface area (Å²) in [4.78, 5) is 55.5. The molecule has 5 aromatic rings. The third-order valence-electron chi connectivity index (χ3n) is 10.3. The standard InChI is InChI=1S/C41H40F5N5O4/c1-40(2,39(54)55-3)50-21-18-31(19-22-50)51(24-25-7-9-26(10-8-25)27-11-14-30(15-12-27)41(44,45)46)34(52)23-29-17-20-47-37-35(29)38(53)49-33(48-37)16-13-28-5-4-6-32(42)36(28)43/h4-12,14-15,17,20,31H,13,16,18-19,21-24H2,1-3H3,(H,47,48,49,53). The number of aromatic amines is 1. The van der Waals surface area contributed by atoms with Gasteiger partial charge < -0.3 is 14.6 Å². The van der Waals surface area contributed by atoms with Gasteiger partial charge in [0.25, 0.3) is 5.56 Å². The lowest BCUT2D eigenvalue weighted by molar-refractivity contribution is -0.155. The number of aryl methyl sites for hydroxylation is 2. The molecule has 1 aliphatic heterocycles. The zero-order valence-corrected chi connectivity index (χ0v) is 30.6. The van der Waals surface area contributed by atoms with Crippen molar-refractivity contribution >= 4 is 22.9 Å². The second-order valence-corrected chi connectivity index (χ2v) is 14.1. The number of carbonyl (C=O) groups excluding carboxylic acids is 2. The van der Waals surface area contributed by atoms with E-state index in [1.54, 1.807) is 36.9 Å². The summed E-state index contributed by atoms with van der Waals surface area (Å²) in [6.07, 6.45) is -1.77. The van der Waals surface area contributed by atoms with Crippen LogP contribution in [-0.2, 0) is 46.3 Å². The molecule has 0 unspecified atom stereocenters. The van der Waals surface area contributed by atoms with Crippen molar-refractivity contribution in [3.8, 4) is 11.1 Å². The maximum atomic E-state index is 14.3. The average Bonchev–Trinajstić information content (AvgIpc) is 3.17. The molecule has 1 N–H and O–H groups in total. The van der Waals surface area contributed by atoms with Gasteiger partial charge in [-0.25, -0.2) is 13.8 Å². The van der Waals surface area contributed by atoms with E-state index in [1.165, 1.54) is 37.6 Å². The number of methoxy groups -OCH3 is 1. The van der Waals surface area contributed by atoms with E-state index < -0.39 is 34.5 Å². The van der Waals surface area contributed by atoms with E-state index in [0.717, 1.165) is 23.8 Å². The number of aromatic nitrogens is 3.